The molecule has 0 aromatic carbocycles. The lowest BCUT2D eigenvalue weighted by Gasteiger charge is -2.14. The molecule has 0 bridgehead atoms. The average Bonchev–Trinajstić information content (AvgIpc) is 2.27. The first-order valence-electron chi connectivity index (χ1n) is 6.15. The van der Waals surface area contributed by atoms with Gasteiger partial charge in [0, 0.05) is 17.7 Å². The number of nitrogens with one attached hydrogen (secondary N) is 1. The van der Waals surface area contributed by atoms with Crippen molar-refractivity contribution in [1.82, 2.24) is 9.97 Å². The zero-order valence-electron chi connectivity index (χ0n) is 11.1. The van der Waals surface area contributed by atoms with Crippen LogP contribution in [-0.2, 0) is 0 Å². The van der Waals surface area contributed by atoms with Gasteiger partial charge in [-0.25, -0.2) is 9.97 Å². The summed E-state index contributed by atoms with van der Waals surface area (Å²) in [4.78, 5) is 8.89. The molecule has 0 fully saturated rings. The summed E-state index contributed by atoms with van der Waals surface area (Å²) < 4.78 is 0. The van der Waals surface area contributed by atoms with Crippen LogP contribution in [0, 0.1) is 19.3 Å². The second-order valence-corrected chi connectivity index (χ2v) is 4.56. The number of hydrogen-bond donors (Lipinski definition) is 1. The molecular weight excluding hydrogens is 210 g/mol. The van der Waals surface area contributed by atoms with E-state index in [1.165, 1.54) is 0 Å². The first-order valence-corrected chi connectivity index (χ1v) is 6.15. The lowest BCUT2D eigenvalue weighted by Crippen LogP contribution is -2.18. The maximum Gasteiger partial charge on any atom is 0.133 e. The van der Waals surface area contributed by atoms with Gasteiger partial charge in [0.25, 0.3) is 0 Å². The van der Waals surface area contributed by atoms with Crippen LogP contribution in [0.1, 0.15) is 51.0 Å². The molecule has 1 heterocycles. The first kappa shape index (κ1) is 13.5. The second-order valence-electron chi connectivity index (χ2n) is 4.56. The molecule has 1 unspecified atom stereocenters. The molecule has 0 radical (unpaired) electrons. The topological polar surface area (TPSA) is 37.8 Å². The van der Waals surface area contributed by atoms with Crippen LogP contribution in [0.2, 0.25) is 0 Å². The van der Waals surface area contributed by atoms with Crippen LogP contribution in [0.25, 0.3) is 0 Å². The molecule has 0 spiro atoms. The van der Waals surface area contributed by atoms with E-state index < -0.39 is 0 Å². The Morgan fingerprint density at radius 2 is 2.12 bits per heavy atom. The van der Waals surface area contributed by atoms with Gasteiger partial charge in [0.05, 0.1) is 6.04 Å². The quantitative estimate of drug-likeness (QED) is 0.791. The van der Waals surface area contributed by atoms with Crippen molar-refractivity contribution in [3.63, 3.8) is 0 Å². The Balaban J connectivity index is 2.87. The molecule has 0 saturated carbocycles. The fourth-order valence-electron chi connectivity index (χ4n) is 1.59. The van der Waals surface area contributed by atoms with Crippen LogP contribution in [0.4, 0.5) is 5.82 Å². The summed E-state index contributed by atoms with van der Waals surface area (Å²) >= 11 is 0. The van der Waals surface area contributed by atoms with Crippen LogP contribution < -0.4 is 5.32 Å². The Hall–Kier alpha value is -1.56. The fourth-order valence-corrected chi connectivity index (χ4v) is 1.59. The van der Waals surface area contributed by atoms with Crippen molar-refractivity contribution < 1.29 is 0 Å². The van der Waals surface area contributed by atoms with Crippen LogP contribution in [0.15, 0.2) is 6.07 Å². The molecule has 0 saturated heterocycles. The van der Waals surface area contributed by atoms with E-state index in [4.69, 9.17) is 6.42 Å². The van der Waals surface area contributed by atoms with E-state index >= 15 is 0 Å². The predicted octanol–water partition coefficient (Wildman–Crippen LogP) is 3.12. The average molecular weight is 231 g/mol. The molecule has 1 N–H and O–H groups in total. The van der Waals surface area contributed by atoms with E-state index in [1.807, 2.05) is 13.0 Å². The highest BCUT2D eigenvalue weighted by Crippen LogP contribution is 2.15. The van der Waals surface area contributed by atoms with Gasteiger partial charge in [-0.2, -0.15) is 0 Å². The van der Waals surface area contributed by atoms with Gasteiger partial charge in [-0.3, -0.25) is 0 Å². The Morgan fingerprint density at radius 3 is 2.65 bits per heavy atom. The summed E-state index contributed by atoms with van der Waals surface area (Å²) in [7, 11) is 0. The lowest BCUT2D eigenvalue weighted by atomic mass is 10.1. The molecule has 3 heteroatoms. The number of rotatable bonds is 5. The second kappa shape index (κ2) is 6.24. The van der Waals surface area contributed by atoms with Crippen LogP contribution in [0.5, 0.6) is 0 Å². The van der Waals surface area contributed by atoms with Crippen molar-refractivity contribution in [2.75, 3.05) is 5.32 Å². The van der Waals surface area contributed by atoms with E-state index in [0.29, 0.717) is 5.92 Å². The first-order chi connectivity index (χ1) is 8.06. The summed E-state index contributed by atoms with van der Waals surface area (Å²) in [6, 6.07) is 1.99. The smallest absolute Gasteiger partial charge is 0.133 e. The molecule has 3 nitrogen and oxygen atoms in total. The molecule has 0 amide bonds. The monoisotopic (exact) mass is 231 g/mol. The molecule has 1 atom stereocenters. The SMILES string of the molecule is C#CC(CCC)Nc1cc(C)nc(C(C)C)n1. The van der Waals surface area contributed by atoms with E-state index in [9.17, 15) is 0 Å². The number of aromatic nitrogens is 2. The van der Waals surface area contributed by atoms with Crippen LogP contribution in [0.3, 0.4) is 0 Å². The standard InChI is InChI=1S/C14H21N3/c1-6-8-12(7-2)16-13-9-11(5)15-14(17-13)10(3)4/h2,9-10,12H,6,8H2,1,3-5H3,(H,15,16,17). The van der Waals surface area contributed by atoms with E-state index in [1.54, 1.807) is 0 Å². The molecule has 92 valence electrons. The fraction of sp³-hybridized carbons (Fsp3) is 0.571. The number of aryl methyl sites for hydroxylation is 1. The third-order valence-corrected chi connectivity index (χ3v) is 2.49. The van der Waals surface area contributed by atoms with Gasteiger partial charge < -0.3 is 5.32 Å². The van der Waals surface area contributed by atoms with Crippen molar-refractivity contribution in [1.29, 1.82) is 0 Å². The third-order valence-electron chi connectivity index (χ3n) is 2.49. The van der Waals surface area contributed by atoms with Gasteiger partial charge in [0.1, 0.15) is 11.6 Å². The minimum absolute atomic E-state index is 0.0503. The molecule has 17 heavy (non-hydrogen) atoms. The predicted molar refractivity (Wildman–Crippen MR) is 72.0 cm³/mol. The largest absolute Gasteiger partial charge is 0.356 e. The van der Waals surface area contributed by atoms with Crippen molar-refractivity contribution in [3.8, 4) is 12.3 Å². The van der Waals surface area contributed by atoms with Gasteiger partial charge in [-0.15, -0.1) is 6.42 Å². The van der Waals surface area contributed by atoms with E-state index in [0.717, 1.165) is 30.2 Å². The molecule has 0 aliphatic heterocycles. The zero-order chi connectivity index (χ0) is 12.8. The molecule has 1 aromatic rings. The minimum atomic E-state index is 0.0503. The Bertz CT molecular complexity index is 404. The third kappa shape index (κ3) is 4.07. The molecule has 1 aromatic heterocycles. The number of terminal acetylenes is 1. The number of hydrogen-bond acceptors (Lipinski definition) is 3. The van der Waals surface area contributed by atoms with Crippen molar-refractivity contribution >= 4 is 5.82 Å². The Labute approximate surface area is 104 Å². The summed E-state index contributed by atoms with van der Waals surface area (Å²) in [6.07, 6.45) is 7.50. The molecular formula is C14H21N3. The highest BCUT2D eigenvalue weighted by atomic mass is 15.0. The number of anilines is 1. The molecule has 1 rings (SSSR count). The van der Waals surface area contributed by atoms with Gasteiger partial charge in [0.15, 0.2) is 0 Å². The van der Waals surface area contributed by atoms with Crippen molar-refractivity contribution in [2.24, 2.45) is 0 Å². The van der Waals surface area contributed by atoms with Gasteiger partial charge in [-0.05, 0) is 13.3 Å². The number of nitrogens with zero attached hydrogens (tertiary/aromatic N) is 2. The normalized spacial score (nSPS) is 12.2. The highest BCUT2D eigenvalue weighted by molar-refractivity contribution is 5.39. The van der Waals surface area contributed by atoms with Crippen LogP contribution >= 0.6 is 0 Å². The summed E-state index contributed by atoms with van der Waals surface area (Å²) in [6.45, 7) is 8.27. The molecule has 0 aliphatic carbocycles. The van der Waals surface area contributed by atoms with E-state index in [2.05, 4.69) is 42.0 Å². The Morgan fingerprint density at radius 1 is 1.41 bits per heavy atom. The maximum absolute atomic E-state index is 5.49. The summed E-state index contributed by atoms with van der Waals surface area (Å²) in [5, 5.41) is 3.28. The minimum Gasteiger partial charge on any atom is -0.356 e. The zero-order valence-corrected chi connectivity index (χ0v) is 11.1. The Kier molecular flexibility index (Phi) is 4.96. The lowest BCUT2D eigenvalue weighted by molar-refractivity contribution is 0.737. The van der Waals surface area contributed by atoms with Crippen molar-refractivity contribution in [3.05, 3.63) is 17.6 Å². The summed E-state index contributed by atoms with van der Waals surface area (Å²) in [5.41, 5.74) is 0.971. The van der Waals surface area contributed by atoms with Crippen molar-refractivity contribution in [2.45, 2.75) is 52.5 Å². The maximum atomic E-state index is 5.49. The summed E-state index contributed by atoms with van der Waals surface area (Å²) in [5.74, 6) is 4.77. The van der Waals surface area contributed by atoms with E-state index in [-0.39, 0.29) is 6.04 Å². The van der Waals surface area contributed by atoms with Gasteiger partial charge in [-0.1, -0.05) is 33.1 Å². The van der Waals surface area contributed by atoms with Gasteiger partial charge >= 0.3 is 0 Å². The highest BCUT2D eigenvalue weighted by Gasteiger charge is 2.09. The van der Waals surface area contributed by atoms with Gasteiger partial charge in [0.2, 0.25) is 0 Å². The van der Waals surface area contributed by atoms with Crippen LogP contribution in [-0.4, -0.2) is 16.0 Å². The molecule has 0 aliphatic rings.